The molecule has 2 heterocycles. The van der Waals surface area contributed by atoms with Gasteiger partial charge in [0.2, 0.25) is 5.91 Å². The molecule has 2 aliphatic carbocycles. The van der Waals surface area contributed by atoms with Crippen molar-refractivity contribution in [2.24, 2.45) is 11.8 Å². The maximum Gasteiger partial charge on any atom is 0.254 e. The van der Waals surface area contributed by atoms with Crippen molar-refractivity contribution < 1.29 is 18.0 Å². The van der Waals surface area contributed by atoms with Gasteiger partial charge in [-0.1, -0.05) is 0 Å². The molecular weight excluding hydrogens is 416 g/mol. The highest BCUT2D eigenvalue weighted by Crippen LogP contribution is 2.43. The van der Waals surface area contributed by atoms with Crippen LogP contribution in [0.5, 0.6) is 0 Å². The minimum absolute atomic E-state index is 0.0193. The molecule has 0 aromatic rings. The summed E-state index contributed by atoms with van der Waals surface area (Å²) >= 11 is 0. The van der Waals surface area contributed by atoms with Crippen LogP contribution < -0.4 is 10.6 Å². The number of amides is 2. The lowest BCUT2D eigenvalue weighted by molar-refractivity contribution is -0.156. The van der Waals surface area contributed by atoms with E-state index in [-0.39, 0.29) is 41.4 Å². The second kappa shape index (κ2) is 8.98. The first kappa shape index (κ1) is 23.0. The molecule has 176 valence electrons. The smallest absolute Gasteiger partial charge is 0.254 e. The van der Waals surface area contributed by atoms with Crippen LogP contribution in [0.4, 0.5) is 0 Å². The van der Waals surface area contributed by atoms with Crippen LogP contribution in [0.1, 0.15) is 58.8 Å². The molecule has 2 amide bonds. The molecule has 4 rings (SSSR count). The van der Waals surface area contributed by atoms with E-state index in [1.54, 1.807) is 6.92 Å². The first-order chi connectivity index (χ1) is 14.7. The first-order valence-electron chi connectivity index (χ1n) is 11.9. The molecule has 31 heavy (non-hydrogen) atoms. The SMILES string of the molecule is CC(=O)N1C2CCC(C3CCC(S(C)(=O)=O)CC3)CC2N(C(=O)C2NCCN2)C[C@@H]1C. The average molecular weight is 455 g/mol. The Balaban J connectivity index is 1.50. The van der Waals surface area contributed by atoms with Gasteiger partial charge in [0, 0.05) is 38.9 Å². The van der Waals surface area contributed by atoms with Crippen LogP contribution in [-0.4, -0.2) is 85.5 Å². The summed E-state index contributed by atoms with van der Waals surface area (Å²) in [5, 5.41) is 6.31. The second-order valence-electron chi connectivity index (χ2n) is 10.2. The van der Waals surface area contributed by atoms with Gasteiger partial charge in [-0.05, 0) is 63.7 Å². The maximum absolute atomic E-state index is 13.3. The molecule has 2 saturated heterocycles. The molecule has 0 aromatic heterocycles. The Bertz CT molecular complexity index is 789. The monoisotopic (exact) mass is 454 g/mol. The third-order valence-electron chi connectivity index (χ3n) is 8.22. The lowest BCUT2D eigenvalue weighted by Gasteiger charge is -2.55. The molecule has 8 nitrogen and oxygen atoms in total. The highest BCUT2D eigenvalue weighted by molar-refractivity contribution is 7.91. The highest BCUT2D eigenvalue weighted by atomic mass is 32.2. The molecule has 4 fully saturated rings. The van der Waals surface area contributed by atoms with Crippen LogP contribution in [0.15, 0.2) is 0 Å². The Labute approximate surface area is 186 Å². The lowest BCUT2D eigenvalue weighted by atomic mass is 9.69. The van der Waals surface area contributed by atoms with Crippen molar-refractivity contribution in [3.63, 3.8) is 0 Å². The van der Waals surface area contributed by atoms with E-state index in [1.807, 2.05) is 16.7 Å². The number of fused-ring (bicyclic) bond motifs is 1. The van der Waals surface area contributed by atoms with Gasteiger partial charge < -0.3 is 9.80 Å². The number of hydrogen-bond donors (Lipinski definition) is 2. The van der Waals surface area contributed by atoms with Crippen LogP contribution in [-0.2, 0) is 19.4 Å². The quantitative estimate of drug-likeness (QED) is 0.652. The molecule has 0 radical (unpaired) electrons. The van der Waals surface area contributed by atoms with Gasteiger partial charge in [0.05, 0.1) is 17.3 Å². The summed E-state index contributed by atoms with van der Waals surface area (Å²) in [6.07, 6.45) is 7.31. The first-order valence-corrected chi connectivity index (χ1v) is 13.9. The van der Waals surface area contributed by atoms with Crippen LogP contribution >= 0.6 is 0 Å². The summed E-state index contributed by atoms with van der Waals surface area (Å²) in [6.45, 7) is 5.85. The summed E-state index contributed by atoms with van der Waals surface area (Å²) in [5.41, 5.74) is 0. The lowest BCUT2D eigenvalue weighted by Crippen LogP contribution is -2.69. The third-order valence-corrected chi connectivity index (χ3v) is 9.90. The number of carbonyl (C=O) groups excluding carboxylic acids is 2. The summed E-state index contributed by atoms with van der Waals surface area (Å²) in [7, 11) is -2.96. The van der Waals surface area contributed by atoms with Crippen LogP contribution in [0, 0.1) is 11.8 Å². The van der Waals surface area contributed by atoms with E-state index in [0.29, 0.717) is 18.4 Å². The van der Waals surface area contributed by atoms with E-state index in [9.17, 15) is 18.0 Å². The number of sulfone groups is 1. The maximum atomic E-state index is 13.3. The number of rotatable bonds is 3. The molecule has 0 spiro atoms. The van der Waals surface area contributed by atoms with Crippen molar-refractivity contribution in [3.8, 4) is 0 Å². The van der Waals surface area contributed by atoms with Gasteiger partial charge in [-0.25, -0.2) is 8.42 Å². The molecule has 4 aliphatic rings. The zero-order valence-electron chi connectivity index (χ0n) is 19.0. The van der Waals surface area contributed by atoms with Crippen molar-refractivity contribution in [2.75, 3.05) is 25.9 Å². The van der Waals surface area contributed by atoms with Crippen molar-refractivity contribution in [3.05, 3.63) is 0 Å². The summed E-state index contributed by atoms with van der Waals surface area (Å²) in [6, 6.07) is 0.143. The van der Waals surface area contributed by atoms with Gasteiger partial charge in [0.15, 0.2) is 0 Å². The van der Waals surface area contributed by atoms with Gasteiger partial charge in [0.1, 0.15) is 16.0 Å². The minimum atomic E-state index is -2.96. The van der Waals surface area contributed by atoms with E-state index >= 15 is 0 Å². The van der Waals surface area contributed by atoms with Crippen LogP contribution in [0.25, 0.3) is 0 Å². The van der Waals surface area contributed by atoms with Gasteiger partial charge in [0.25, 0.3) is 5.91 Å². The van der Waals surface area contributed by atoms with Crippen molar-refractivity contribution in [1.29, 1.82) is 0 Å². The highest BCUT2D eigenvalue weighted by Gasteiger charge is 2.48. The Morgan fingerprint density at radius 1 is 0.903 bits per heavy atom. The average Bonchev–Trinajstić information content (AvgIpc) is 3.26. The Hall–Kier alpha value is -1.19. The van der Waals surface area contributed by atoms with Crippen molar-refractivity contribution >= 4 is 21.7 Å². The fourth-order valence-corrected chi connectivity index (χ4v) is 7.84. The van der Waals surface area contributed by atoms with Gasteiger partial charge >= 0.3 is 0 Å². The molecule has 4 atom stereocenters. The van der Waals surface area contributed by atoms with Gasteiger partial charge in [-0.3, -0.25) is 20.2 Å². The predicted octanol–water partition coefficient (Wildman–Crippen LogP) is 0.725. The molecule has 9 heteroatoms. The molecule has 0 aromatic carbocycles. The fourth-order valence-electron chi connectivity index (χ4n) is 6.72. The Kier molecular flexibility index (Phi) is 6.66. The van der Waals surface area contributed by atoms with E-state index in [2.05, 4.69) is 10.6 Å². The number of piperazine rings is 1. The minimum Gasteiger partial charge on any atom is -0.333 e. The largest absolute Gasteiger partial charge is 0.333 e. The van der Waals surface area contributed by atoms with Gasteiger partial charge in [-0.15, -0.1) is 0 Å². The molecule has 2 aliphatic heterocycles. The van der Waals surface area contributed by atoms with E-state index in [4.69, 9.17) is 0 Å². The number of nitrogens with one attached hydrogen (secondary N) is 2. The molecule has 0 bridgehead atoms. The van der Waals surface area contributed by atoms with Crippen molar-refractivity contribution in [2.45, 2.75) is 88.3 Å². The molecular formula is C22H38N4O4S. The Morgan fingerprint density at radius 2 is 1.52 bits per heavy atom. The molecule has 3 unspecified atom stereocenters. The zero-order valence-corrected chi connectivity index (χ0v) is 19.9. The second-order valence-corrected chi connectivity index (χ2v) is 12.5. The number of hydrogen-bond acceptors (Lipinski definition) is 6. The fraction of sp³-hybridized carbons (Fsp3) is 0.909. The zero-order chi connectivity index (χ0) is 22.3. The van der Waals surface area contributed by atoms with Crippen LogP contribution in [0.2, 0.25) is 0 Å². The summed E-state index contributed by atoms with van der Waals surface area (Å²) in [5.74, 6) is 1.20. The Morgan fingerprint density at radius 3 is 2.10 bits per heavy atom. The number of carbonyl (C=O) groups is 2. The summed E-state index contributed by atoms with van der Waals surface area (Å²) < 4.78 is 23.9. The standard InChI is InChI=1S/C22H38N4O4S/c1-14-13-25(22(28)21-23-10-11-24-21)20-12-17(6-9-19(20)26(14)15(2)27)16-4-7-18(8-5-16)31(3,29)30/h14,16-21,23-24H,4-13H2,1-3H3/t14-,16?,17?,18?,19?,20?/m0/s1. The normalized spacial score (nSPS) is 37.5. The predicted molar refractivity (Wildman–Crippen MR) is 119 cm³/mol. The van der Waals surface area contributed by atoms with E-state index in [1.165, 1.54) is 6.26 Å². The van der Waals surface area contributed by atoms with E-state index in [0.717, 1.165) is 58.0 Å². The third kappa shape index (κ3) is 4.64. The van der Waals surface area contributed by atoms with Crippen LogP contribution in [0.3, 0.4) is 0 Å². The topological polar surface area (TPSA) is 98.8 Å². The van der Waals surface area contributed by atoms with Crippen molar-refractivity contribution in [1.82, 2.24) is 20.4 Å². The van der Waals surface area contributed by atoms with Gasteiger partial charge in [-0.2, -0.15) is 0 Å². The molecule has 2 saturated carbocycles. The molecule has 2 N–H and O–H groups in total. The van der Waals surface area contributed by atoms with E-state index < -0.39 is 9.84 Å². The number of nitrogens with zero attached hydrogens (tertiary/aromatic N) is 2. The summed E-state index contributed by atoms with van der Waals surface area (Å²) in [4.78, 5) is 29.9.